The summed E-state index contributed by atoms with van der Waals surface area (Å²) in [4.78, 5) is 12.7. The maximum Gasteiger partial charge on any atom is 0.252 e. The van der Waals surface area contributed by atoms with Crippen molar-refractivity contribution < 1.29 is 4.79 Å². The van der Waals surface area contributed by atoms with E-state index in [1.165, 1.54) is 19.3 Å². The summed E-state index contributed by atoms with van der Waals surface area (Å²) in [5.41, 5.74) is 0.687. The summed E-state index contributed by atoms with van der Waals surface area (Å²) in [6.45, 7) is 0. The quantitative estimate of drug-likeness (QED) is 0.493. The lowest BCUT2D eigenvalue weighted by Crippen LogP contribution is -2.40. The summed E-state index contributed by atoms with van der Waals surface area (Å²) in [6.07, 6.45) is 5.87. The Labute approximate surface area is 139 Å². The predicted octanol–water partition coefficient (Wildman–Crippen LogP) is 5.04. The summed E-state index contributed by atoms with van der Waals surface area (Å²) in [7, 11) is 0. The number of hydrogen-bond donors (Lipinski definition) is 1. The van der Waals surface area contributed by atoms with E-state index in [1.807, 2.05) is 18.2 Å². The van der Waals surface area contributed by atoms with Crippen LogP contribution in [0.25, 0.3) is 0 Å². The van der Waals surface area contributed by atoms with E-state index in [0.29, 0.717) is 10.4 Å². The molecule has 0 aromatic heterocycles. The molecule has 2 unspecified atom stereocenters. The minimum atomic E-state index is -0.00396. The third-order valence-electron chi connectivity index (χ3n) is 3.42. The van der Waals surface area contributed by atoms with Crippen LogP contribution in [0.1, 0.15) is 42.5 Å². The van der Waals surface area contributed by atoms with E-state index in [9.17, 15) is 4.79 Å². The largest absolute Gasteiger partial charge is 0.348 e. The highest BCUT2D eigenvalue weighted by atomic mass is 79.9. The maximum atomic E-state index is 12.3. The van der Waals surface area contributed by atoms with Gasteiger partial charge in [0.05, 0.1) is 5.56 Å². The van der Waals surface area contributed by atoms with Gasteiger partial charge in [0.2, 0.25) is 0 Å². The Morgan fingerprint density at radius 3 is 2.63 bits per heavy atom. The molecule has 1 fully saturated rings. The molecule has 19 heavy (non-hydrogen) atoms. The van der Waals surface area contributed by atoms with Gasteiger partial charge in [-0.2, -0.15) is 0 Å². The summed E-state index contributed by atoms with van der Waals surface area (Å²) < 4.78 is 1.78. The van der Waals surface area contributed by atoms with Crippen molar-refractivity contribution in [2.75, 3.05) is 0 Å². The Kier molecular flexibility index (Phi) is 5.90. The molecule has 0 aliphatic heterocycles. The minimum Gasteiger partial charge on any atom is -0.348 e. The van der Waals surface area contributed by atoms with Crippen LogP contribution in [0.15, 0.2) is 27.1 Å². The fourth-order valence-corrected chi connectivity index (χ4v) is 4.29. The number of carbonyl (C=O) groups excluding carboxylic acids is 1. The van der Waals surface area contributed by atoms with E-state index in [0.717, 1.165) is 21.8 Å². The highest BCUT2D eigenvalue weighted by Gasteiger charge is 2.23. The number of nitrogens with one attached hydrogen (secondary N) is 1. The smallest absolute Gasteiger partial charge is 0.252 e. The molecule has 5 heteroatoms. The predicted molar refractivity (Wildman–Crippen MR) is 88.9 cm³/mol. The Morgan fingerprint density at radius 1 is 1.16 bits per heavy atom. The van der Waals surface area contributed by atoms with Crippen LogP contribution in [-0.4, -0.2) is 16.8 Å². The molecular formula is C14H16Br3NO. The summed E-state index contributed by atoms with van der Waals surface area (Å²) >= 11 is 10.5. The molecule has 1 N–H and O–H groups in total. The lowest BCUT2D eigenvalue weighted by atomic mass is 10.1. The SMILES string of the molecule is O=C(NC1CCCCCC1Br)c1ccc(Br)cc1Br. The van der Waals surface area contributed by atoms with Crippen molar-refractivity contribution in [3.8, 4) is 0 Å². The summed E-state index contributed by atoms with van der Waals surface area (Å²) in [5, 5.41) is 3.15. The maximum absolute atomic E-state index is 12.3. The highest BCUT2D eigenvalue weighted by molar-refractivity contribution is 9.11. The fraction of sp³-hybridized carbons (Fsp3) is 0.500. The molecule has 1 aliphatic rings. The first-order chi connectivity index (χ1) is 9.08. The monoisotopic (exact) mass is 451 g/mol. The fourth-order valence-electron chi connectivity index (χ4n) is 2.34. The zero-order chi connectivity index (χ0) is 13.8. The molecular weight excluding hydrogens is 438 g/mol. The van der Waals surface area contributed by atoms with Crippen LogP contribution >= 0.6 is 47.8 Å². The van der Waals surface area contributed by atoms with Gasteiger partial charge in [-0.25, -0.2) is 0 Å². The van der Waals surface area contributed by atoms with Gasteiger partial charge < -0.3 is 5.32 Å². The van der Waals surface area contributed by atoms with Crippen LogP contribution in [0.5, 0.6) is 0 Å². The van der Waals surface area contributed by atoms with E-state index in [-0.39, 0.29) is 11.9 Å². The molecule has 2 nitrogen and oxygen atoms in total. The van der Waals surface area contributed by atoms with Gasteiger partial charge in [-0.1, -0.05) is 51.1 Å². The number of halogens is 3. The van der Waals surface area contributed by atoms with Crippen LogP contribution in [0.4, 0.5) is 0 Å². The van der Waals surface area contributed by atoms with Crippen molar-refractivity contribution in [1.82, 2.24) is 5.32 Å². The molecule has 1 aromatic rings. The molecule has 1 aromatic carbocycles. The Balaban J connectivity index is 2.07. The van der Waals surface area contributed by atoms with Crippen LogP contribution in [-0.2, 0) is 0 Å². The normalized spacial score (nSPS) is 23.7. The van der Waals surface area contributed by atoms with Crippen molar-refractivity contribution in [2.24, 2.45) is 0 Å². The first-order valence-corrected chi connectivity index (χ1v) is 8.98. The van der Waals surface area contributed by atoms with E-state index in [4.69, 9.17) is 0 Å². The number of carbonyl (C=O) groups is 1. The second kappa shape index (κ2) is 7.23. The lowest BCUT2D eigenvalue weighted by molar-refractivity contribution is 0.0934. The molecule has 0 spiro atoms. The van der Waals surface area contributed by atoms with E-state index in [2.05, 4.69) is 53.1 Å². The van der Waals surface area contributed by atoms with Gasteiger partial charge >= 0.3 is 0 Å². The molecule has 2 rings (SSSR count). The summed E-state index contributed by atoms with van der Waals surface area (Å²) in [6, 6.07) is 5.85. The van der Waals surface area contributed by atoms with Crippen molar-refractivity contribution in [1.29, 1.82) is 0 Å². The van der Waals surface area contributed by atoms with Crippen LogP contribution in [0, 0.1) is 0 Å². The first-order valence-electron chi connectivity index (χ1n) is 6.48. The average molecular weight is 454 g/mol. The van der Waals surface area contributed by atoms with Crippen molar-refractivity contribution >= 4 is 53.7 Å². The Morgan fingerprint density at radius 2 is 1.89 bits per heavy atom. The van der Waals surface area contributed by atoms with E-state index < -0.39 is 0 Å². The van der Waals surface area contributed by atoms with Gasteiger partial charge in [-0.3, -0.25) is 4.79 Å². The van der Waals surface area contributed by atoms with Crippen LogP contribution < -0.4 is 5.32 Å². The number of hydrogen-bond acceptors (Lipinski definition) is 1. The lowest BCUT2D eigenvalue weighted by Gasteiger charge is -2.21. The second-order valence-electron chi connectivity index (χ2n) is 4.86. The van der Waals surface area contributed by atoms with Gasteiger partial charge in [-0.15, -0.1) is 0 Å². The Bertz CT molecular complexity index is 464. The molecule has 0 saturated heterocycles. The second-order valence-corrected chi connectivity index (χ2v) is 7.80. The van der Waals surface area contributed by atoms with Gasteiger partial charge in [0.1, 0.15) is 0 Å². The van der Waals surface area contributed by atoms with Crippen molar-refractivity contribution in [3.05, 3.63) is 32.7 Å². The number of benzene rings is 1. The van der Waals surface area contributed by atoms with Gasteiger partial charge in [0.25, 0.3) is 5.91 Å². The minimum absolute atomic E-state index is 0.00396. The topological polar surface area (TPSA) is 29.1 Å². The van der Waals surface area contributed by atoms with Crippen LogP contribution in [0.2, 0.25) is 0 Å². The average Bonchev–Trinajstić information content (AvgIpc) is 2.55. The van der Waals surface area contributed by atoms with Gasteiger partial charge in [0.15, 0.2) is 0 Å². The number of amides is 1. The highest BCUT2D eigenvalue weighted by Crippen LogP contribution is 2.25. The van der Waals surface area contributed by atoms with Gasteiger partial charge in [-0.05, 0) is 47.0 Å². The zero-order valence-corrected chi connectivity index (χ0v) is 15.2. The molecule has 1 aliphatic carbocycles. The standard InChI is InChI=1S/C14H16Br3NO/c15-9-6-7-10(12(17)8-9)14(19)18-13-5-3-1-2-4-11(13)16/h6-8,11,13H,1-5H2,(H,18,19). The van der Waals surface area contributed by atoms with Gasteiger partial charge in [0, 0.05) is 19.8 Å². The van der Waals surface area contributed by atoms with Crippen molar-refractivity contribution in [2.45, 2.75) is 43.0 Å². The number of alkyl halides is 1. The molecule has 104 valence electrons. The molecule has 0 heterocycles. The Hall–Kier alpha value is 0.130. The molecule has 0 bridgehead atoms. The molecule has 1 amide bonds. The zero-order valence-electron chi connectivity index (χ0n) is 10.5. The van der Waals surface area contributed by atoms with Crippen LogP contribution in [0.3, 0.4) is 0 Å². The van der Waals surface area contributed by atoms with E-state index >= 15 is 0 Å². The first kappa shape index (κ1) is 15.5. The van der Waals surface area contributed by atoms with E-state index in [1.54, 1.807) is 0 Å². The molecule has 0 radical (unpaired) electrons. The molecule has 1 saturated carbocycles. The summed E-state index contributed by atoms with van der Waals surface area (Å²) in [5.74, 6) is -0.00396. The third-order valence-corrected chi connectivity index (χ3v) is 5.67. The molecule has 2 atom stereocenters. The number of rotatable bonds is 2. The third kappa shape index (κ3) is 4.30. The van der Waals surface area contributed by atoms with Crippen molar-refractivity contribution in [3.63, 3.8) is 0 Å².